The summed E-state index contributed by atoms with van der Waals surface area (Å²) in [6.45, 7) is 2.01. The highest BCUT2D eigenvalue weighted by Gasteiger charge is 2.22. The van der Waals surface area contributed by atoms with Gasteiger partial charge < -0.3 is 20.4 Å². The van der Waals surface area contributed by atoms with Crippen LogP contribution in [-0.2, 0) is 0 Å². The molecule has 0 saturated carbocycles. The number of rotatable bonds is 4. The second-order valence-electron chi connectivity index (χ2n) is 4.44. The lowest BCUT2D eigenvalue weighted by atomic mass is 10.3. The van der Waals surface area contributed by atoms with Gasteiger partial charge in [0, 0.05) is 10.6 Å². The molecule has 0 radical (unpaired) electrons. The van der Waals surface area contributed by atoms with E-state index in [9.17, 15) is 20.4 Å². The van der Waals surface area contributed by atoms with Crippen LogP contribution >= 0.6 is 7.92 Å². The van der Waals surface area contributed by atoms with Crippen molar-refractivity contribution in [2.75, 3.05) is 6.16 Å². The average Bonchev–Trinajstić information content (AvgIpc) is 2.43. The van der Waals surface area contributed by atoms with Gasteiger partial charge in [-0.05, 0) is 26.2 Å². The summed E-state index contributed by atoms with van der Waals surface area (Å²) < 4.78 is 0. The summed E-state index contributed by atoms with van der Waals surface area (Å²) in [6.07, 6.45) is 1.60. The molecular weight excluding hydrogens is 275 g/mol. The first-order chi connectivity index (χ1) is 9.56. The maximum Gasteiger partial charge on any atom is 0.165 e. The lowest BCUT2D eigenvalue weighted by molar-refractivity contribution is 0.406. The molecule has 0 unspecified atom stereocenters. The first kappa shape index (κ1) is 14.5. The van der Waals surface area contributed by atoms with Crippen LogP contribution in [0, 0.1) is 0 Å². The fourth-order valence-corrected chi connectivity index (χ4v) is 4.53. The quantitative estimate of drug-likeness (QED) is 0.515. The van der Waals surface area contributed by atoms with Gasteiger partial charge in [-0.3, -0.25) is 0 Å². The Bertz CT molecular complexity index is 561. The molecule has 0 aliphatic rings. The van der Waals surface area contributed by atoms with Crippen molar-refractivity contribution in [3.05, 3.63) is 36.4 Å². The largest absolute Gasteiger partial charge is 0.504 e. The van der Waals surface area contributed by atoms with Crippen LogP contribution in [0.2, 0.25) is 0 Å². The van der Waals surface area contributed by atoms with Gasteiger partial charge in [0.15, 0.2) is 23.0 Å². The molecule has 4 nitrogen and oxygen atoms in total. The van der Waals surface area contributed by atoms with Gasteiger partial charge in [0.1, 0.15) is 0 Å². The standard InChI is InChI=1S/C15H17O4P/c1-2-9-20(12-7-3-5-10(16)14(12)18)13-8-4-6-11(17)15(13)19/h3-8,16-19H,2,9H2,1H3. The van der Waals surface area contributed by atoms with E-state index >= 15 is 0 Å². The third kappa shape index (κ3) is 2.66. The molecule has 0 aliphatic heterocycles. The SMILES string of the molecule is CCCP(c1cccc(O)c1O)c1cccc(O)c1O. The summed E-state index contributed by atoms with van der Waals surface area (Å²) in [5.41, 5.74) is 0. The van der Waals surface area contributed by atoms with Crippen molar-refractivity contribution in [1.29, 1.82) is 0 Å². The summed E-state index contributed by atoms with van der Waals surface area (Å²) in [5, 5.41) is 40.5. The molecule has 0 fully saturated rings. The summed E-state index contributed by atoms with van der Waals surface area (Å²) >= 11 is 0. The number of phenolic OH excluding ortho intramolecular Hbond substituents is 4. The summed E-state index contributed by atoms with van der Waals surface area (Å²) in [6, 6.07) is 9.63. The normalized spacial score (nSPS) is 10.9. The second-order valence-corrected chi connectivity index (χ2v) is 6.71. The Morgan fingerprint density at radius 1 is 0.800 bits per heavy atom. The molecule has 0 saturated heterocycles. The molecule has 0 aromatic heterocycles. The topological polar surface area (TPSA) is 80.9 Å². The van der Waals surface area contributed by atoms with Crippen LogP contribution in [0.3, 0.4) is 0 Å². The van der Waals surface area contributed by atoms with Crippen molar-refractivity contribution < 1.29 is 20.4 Å². The van der Waals surface area contributed by atoms with Gasteiger partial charge in [0.05, 0.1) is 0 Å². The Labute approximate surface area is 118 Å². The monoisotopic (exact) mass is 292 g/mol. The molecule has 0 bridgehead atoms. The van der Waals surface area contributed by atoms with Crippen LogP contribution in [0.15, 0.2) is 36.4 Å². The van der Waals surface area contributed by atoms with Gasteiger partial charge in [0.2, 0.25) is 0 Å². The first-order valence-corrected chi connectivity index (χ1v) is 7.88. The maximum absolute atomic E-state index is 10.0. The molecule has 0 atom stereocenters. The third-order valence-corrected chi connectivity index (χ3v) is 5.80. The lowest BCUT2D eigenvalue weighted by Crippen LogP contribution is -2.15. The summed E-state index contributed by atoms with van der Waals surface area (Å²) in [7, 11) is -1.05. The summed E-state index contributed by atoms with van der Waals surface area (Å²) in [5.74, 6) is -0.666. The van der Waals surface area contributed by atoms with Crippen LogP contribution < -0.4 is 10.6 Å². The number of benzene rings is 2. The number of para-hydroxylation sites is 2. The Kier molecular flexibility index (Phi) is 4.35. The van der Waals surface area contributed by atoms with E-state index in [1.54, 1.807) is 24.3 Å². The predicted octanol–water partition coefficient (Wildman–Crippen LogP) is 2.35. The van der Waals surface area contributed by atoms with Crippen molar-refractivity contribution in [3.63, 3.8) is 0 Å². The fraction of sp³-hybridized carbons (Fsp3) is 0.200. The van der Waals surface area contributed by atoms with Gasteiger partial charge in [0.25, 0.3) is 0 Å². The lowest BCUT2D eigenvalue weighted by Gasteiger charge is -2.20. The van der Waals surface area contributed by atoms with E-state index in [4.69, 9.17) is 0 Å². The van der Waals surface area contributed by atoms with Crippen LogP contribution in [0.25, 0.3) is 0 Å². The molecule has 0 amide bonds. The minimum atomic E-state index is -1.05. The van der Waals surface area contributed by atoms with Crippen molar-refractivity contribution in [3.8, 4) is 23.0 Å². The highest BCUT2D eigenvalue weighted by Crippen LogP contribution is 2.43. The van der Waals surface area contributed by atoms with Gasteiger partial charge in [-0.25, -0.2) is 0 Å². The minimum absolute atomic E-state index is 0.158. The Morgan fingerprint density at radius 3 is 1.65 bits per heavy atom. The first-order valence-electron chi connectivity index (χ1n) is 6.35. The Morgan fingerprint density at radius 2 is 1.25 bits per heavy atom. The average molecular weight is 292 g/mol. The number of hydrogen-bond acceptors (Lipinski definition) is 4. The van der Waals surface area contributed by atoms with E-state index in [1.807, 2.05) is 6.92 Å². The molecule has 20 heavy (non-hydrogen) atoms. The van der Waals surface area contributed by atoms with Crippen LogP contribution in [-0.4, -0.2) is 26.6 Å². The van der Waals surface area contributed by atoms with Crippen LogP contribution in [0.5, 0.6) is 23.0 Å². The molecule has 5 heteroatoms. The van der Waals surface area contributed by atoms with E-state index in [1.165, 1.54) is 12.1 Å². The molecular formula is C15H17O4P. The fourth-order valence-electron chi connectivity index (χ4n) is 2.07. The molecule has 0 heterocycles. The zero-order valence-corrected chi connectivity index (χ0v) is 12.0. The summed E-state index contributed by atoms with van der Waals surface area (Å²) in [4.78, 5) is 0. The highest BCUT2D eigenvalue weighted by atomic mass is 31.1. The van der Waals surface area contributed by atoms with Gasteiger partial charge in [-0.2, -0.15) is 0 Å². The number of aromatic hydroxyl groups is 4. The molecule has 0 spiro atoms. The molecule has 4 N–H and O–H groups in total. The zero-order valence-electron chi connectivity index (χ0n) is 11.1. The third-order valence-electron chi connectivity index (χ3n) is 3.02. The Hall–Kier alpha value is -1.93. The smallest absolute Gasteiger partial charge is 0.165 e. The second kappa shape index (κ2) is 6.02. The number of phenols is 4. The van der Waals surface area contributed by atoms with Gasteiger partial charge in [-0.1, -0.05) is 37.6 Å². The zero-order chi connectivity index (χ0) is 14.7. The van der Waals surface area contributed by atoms with Gasteiger partial charge >= 0.3 is 0 Å². The van der Waals surface area contributed by atoms with E-state index < -0.39 is 7.92 Å². The van der Waals surface area contributed by atoms with Crippen molar-refractivity contribution >= 4 is 18.5 Å². The van der Waals surface area contributed by atoms with E-state index in [0.717, 1.165) is 12.6 Å². The van der Waals surface area contributed by atoms with Crippen LogP contribution in [0.4, 0.5) is 0 Å². The minimum Gasteiger partial charge on any atom is -0.504 e. The molecule has 0 aliphatic carbocycles. The van der Waals surface area contributed by atoms with Crippen LogP contribution in [0.1, 0.15) is 13.3 Å². The number of hydrogen-bond donors (Lipinski definition) is 4. The maximum atomic E-state index is 10.0. The Balaban J connectivity index is 2.56. The van der Waals surface area contributed by atoms with Crippen molar-refractivity contribution in [2.45, 2.75) is 13.3 Å². The van der Waals surface area contributed by atoms with E-state index in [2.05, 4.69) is 0 Å². The molecule has 2 aromatic carbocycles. The van der Waals surface area contributed by atoms with E-state index in [-0.39, 0.29) is 23.0 Å². The molecule has 2 aromatic rings. The highest BCUT2D eigenvalue weighted by molar-refractivity contribution is 7.73. The van der Waals surface area contributed by atoms with Crippen molar-refractivity contribution in [1.82, 2.24) is 0 Å². The van der Waals surface area contributed by atoms with Crippen molar-refractivity contribution in [2.24, 2.45) is 0 Å². The molecule has 2 rings (SSSR count). The van der Waals surface area contributed by atoms with Gasteiger partial charge in [-0.15, -0.1) is 0 Å². The predicted molar refractivity (Wildman–Crippen MR) is 80.9 cm³/mol. The molecule has 106 valence electrons. The van der Waals surface area contributed by atoms with E-state index in [0.29, 0.717) is 10.6 Å².